The van der Waals surface area contributed by atoms with E-state index in [-0.39, 0.29) is 11.9 Å². The molecule has 4 nitrogen and oxygen atoms in total. The Kier molecular flexibility index (Phi) is 5.37. The van der Waals surface area contributed by atoms with Gasteiger partial charge in [0, 0.05) is 17.3 Å². The van der Waals surface area contributed by atoms with Crippen LogP contribution in [0.25, 0.3) is 5.69 Å². The molecule has 3 rings (SSSR count). The fraction of sp³-hybridized carbons (Fsp3) is 0.222. The lowest BCUT2D eigenvalue weighted by Gasteiger charge is -2.13. The first kappa shape index (κ1) is 16.8. The van der Waals surface area contributed by atoms with E-state index >= 15 is 0 Å². The highest BCUT2D eigenvalue weighted by atomic mass is 32.2. The lowest BCUT2D eigenvalue weighted by Crippen LogP contribution is -2.27. The number of carbonyl (C=O) groups is 1. The van der Waals surface area contributed by atoms with E-state index in [9.17, 15) is 4.79 Å². The summed E-state index contributed by atoms with van der Waals surface area (Å²) >= 11 is 3.10. The van der Waals surface area contributed by atoms with Gasteiger partial charge < -0.3 is 5.32 Å². The lowest BCUT2D eigenvalue weighted by atomic mass is 10.2. The maximum atomic E-state index is 12.2. The molecule has 2 heterocycles. The van der Waals surface area contributed by atoms with Crippen LogP contribution in [0.5, 0.6) is 0 Å². The van der Waals surface area contributed by atoms with Crippen molar-refractivity contribution in [2.24, 2.45) is 0 Å². The molecular weight excluding hydrogens is 338 g/mol. The van der Waals surface area contributed by atoms with Crippen molar-refractivity contribution in [3.8, 4) is 5.69 Å². The first-order valence-electron chi connectivity index (χ1n) is 7.70. The van der Waals surface area contributed by atoms with Crippen LogP contribution in [0.2, 0.25) is 0 Å². The van der Waals surface area contributed by atoms with Gasteiger partial charge in [-0.05, 0) is 36.9 Å². The number of nitrogens with zero attached hydrogens (tertiary/aromatic N) is 2. The summed E-state index contributed by atoms with van der Waals surface area (Å²) in [5, 5.41) is 5.87. The van der Waals surface area contributed by atoms with Crippen LogP contribution in [0.1, 0.15) is 23.4 Å². The second-order valence-corrected chi connectivity index (χ2v) is 7.38. The Hall–Kier alpha value is -2.05. The predicted molar refractivity (Wildman–Crippen MR) is 99.9 cm³/mol. The number of rotatable bonds is 6. The molecule has 1 atom stereocenters. The van der Waals surface area contributed by atoms with Crippen molar-refractivity contribution < 1.29 is 4.79 Å². The second kappa shape index (κ2) is 7.68. The van der Waals surface area contributed by atoms with E-state index < -0.39 is 0 Å². The average Bonchev–Trinajstić information content (AvgIpc) is 3.25. The molecule has 3 aromatic rings. The number of hydrogen-bond acceptors (Lipinski definition) is 4. The van der Waals surface area contributed by atoms with Crippen molar-refractivity contribution in [2.45, 2.75) is 25.0 Å². The van der Waals surface area contributed by atoms with Crippen molar-refractivity contribution in [3.05, 3.63) is 64.6 Å². The summed E-state index contributed by atoms with van der Waals surface area (Å²) in [6.45, 7) is 4.07. The number of thiophene rings is 1. The van der Waals surface area contributed by atoms with Crippen molar-refractivity contribution in [3.63, 3.8) is 0 Å². The number of thioether (sulfide) groups is 1. The maximum Gasteiger partial charge on any atom is 0.230 e. The van der Waals surface area contributed by atoms with Gasteiger partial charge in [0.25, 0.3) is 0 Å². The van der Waals surface area contributed by atoms with Gasteiger partial charge in [-0.15, -0.1) is 11.3 Å². The van der Waals surface area contributed by atoms with Crippen molar-refractivity contribution in [1.82, 2.24) is 14.9 Å². The molecule has 6 heteroatoms. The molecule has 0 fully saturated rings. The number of nitrogens with one attached hydrogen (secondary N) is 1. The van der Waals surface area contributed by atoms with Gasteiger partial charge in [-0.3, -0.25) is 9.36 Å². The normalized spacial score (nSPS) is 12.1. The number of aryl methyl sites for hydroxylation is 1. The lowest BCUT2D eigenvalue weighted by molar-refractivity contribution is -0.119. The molecule has 0 spiro atoms. The third-order valence-corrected chi connectivity index (χ3v) is 5.68. The molecular formula is C18H19N3OS2. The minimum absolute atomic E-state index is 0.0141. The van der Waals surface area contributed by atoms with Gasteiger partial charge in [-0.1, -0.05) is 36.0 Å². The number of aromatic nitrogens is 2. The average molecular weight is 358 g/mol. The molecule has 0 aliphatic rings. The number of carbonyl (C=O) groups excluding carboxylic acids is 1. The number of benzene rings is 1. The summed E-state index contributed by atoms with van der Waals surface area (Å²) in [6, 6.07) is 12.2. The zero-order valence-corrected chi connectivity index (χ0v) is 15.2. The minimum atomic E-state index is 0.0141. The smallest absolute Gasteiger partial charge is 0.230 e. The Morgan fingerprint density at radius 3 is 2.92 bits per heavy atom. The first-order valence-corrected chi connectivity index (χ1v) is 9.56. The van der Waals surface area contributed by atoms with E-state index in [0.717, 1.165) is 15.7 Å². The van der Waals surface area contributed by atoms with E-state index in [4.69, 9.17) is 0 Å². The summed E-state index contributed by atoms with van der Waals surface area (Å²) in [5.41, 5.74) is 2.26. The van der Waals surface area contributed by atoms with E-state index in [2.05, 4.69) is 29.4 Å². The summed E-state index contributed by atoms with van der Waals surface area (Å²) in [7, 11) is 0. The zero-order valence-electron chi connectivity index (χ0n) is 13.6. The molecule has 0 saturated heterocycles. The van der Waals surface area contributed by atoms with Crippen LogP contribution >= 0.6 is 23.1 Å². The summed E-state index contributed by atoms with van der Waals surface area (Å²) in [5.74, 6) is 0.360. The molecule has 0 aliphatic heterocycles. The molecule has 0 aliphatic carbocycles. The fourth-order valence-corrected chi connectivity index (χ4v) is 3.95. The van der Waals surface area contributed by atoms with Crippen molar-refractivity contribution in [2.75, 3.05) is 5.75 Å². The highest BCUT2D eigenvalue weighted by Gasteiger charge is 2.13. The number of hydrogen-bond donors (Lipinski definition) is 1. The summed E-state index contributed by atoms with van der Waals surface area (Å²) in [6.07, 6.45) is 3.69. The minimum Gasteiger partial charge on any atom is -0.348 e. The molecule has 1 N–H and O–H groups in total. The van der Waals surface area contributed by atoms with Crippen LogP contribution in [0.4, 0.5) is 0 Å². The van der Waals surface area contributed by atoms with Gasteiger partial charge in [0.2, 0.25) is 5.91 Å². The van der Waals surface area contributed by atoms with Crippen molar-refractivity contribution >= 4 is 29.0 Å². The highest BCUT2D eigenvalue weighted by Crippen LogP contribution is 2.23. The van der Waals surface area contributed by atoms with Crippen molar-refractivity contribution in [1.29, 1.82) is 0 Å². The number of imidazole rings is 1. The highest BCUT2D eigenvalue weighted by molar-refractivity contribution is 7.99. The summed E-state index contributed by atoms with van der Waals surface area (Å²) in [4.78, 5) is 17.7. The maximum absolute atomic E-state index is 12.2. The third-order valence-electron chi connectivity index (χ3n) is 3.66. The Labute approximate surface area is 149 Å². The van der Waals surface area contributed by atoms with Crippen LogP contribution in [0, 0.1) is 6.92 Å². The molecule has 2 aromatic heterocycles. The molecule has 124 valence electrons. The second-order valence-electron chi connectivity index (χ2n) is 5.46. The molecule has 1 unspecified atom stereocenters. The van der Waals surface area contributed by atoms with Crippen LogP contribution < -0.4 is 5.32 Å². The molecule has 1 aromatic carbocycles. The predicted octanol–water partition coefficient (Wildman–Crippen LogP) is 4.21. The van der Waals surface area contributed by atoms with Gasteiger partial charge in [0.1, 0.15) is 0 Å². The van der Waals surface area contributed by atoms with E-state index in [1.165, 1.54) is 17.3 Å². The molecule has 0 bridgehead atoms. The van der Waals surface area contributed by atoms with Gasteiger partial charge in [-0.25, -0.2) is 4.98 Å². The Morgan fingerprint density at radius 1 is 1.33 bits per heavy atom. The van der Waals surface area contributed by atoms with E-state index in [1.807, 2.05) is 47.3 Å². The molecule has 0 radical (unpaired) electrons. The standard InChI is InChI=1S/C18H19N3OS2/c1-13-6-3-4-7-15(13)21-10-9-19-18(21)24-12-17(22)20-14(2)16-8-5-11-23-16/h3-11,14H,12H2,1-2H3,(H,20,22). The van der Waals surface area contributed by atoms with Crippen LogP contribution in [-0.4, -0.2) is 21.2 Å². The van der Waals surface area contributed by atoms with E-state index in [0.29, 0.717) is 5.75 Å². The van der Waals surface area contributed by atoms with Crippen LogP contribution in [-0.2, 0) is 4.79 Å². The summed E-state index contributed by atoms with van der Waals surface area (Å²) < 4.78 is 2.02. The van der Waals surface area contributed by atoms with Crippen LogP contribution in [0.3, 0.4) is 0 Å². The Bertz CT molecular complexity index is 811. The zero-order chi connectivity index (χ0) is 16.9. The molecule has 1 amide bonds. The number of amides is 1. The quantitative estimate of drug-likeness (QED) is 0.672. The Balaban J connectivity index is 1.63. The van der Waals surface area contributed by atoms with Gasteiger partial charge in [0.05, 0.1) is 17.5 Å². The molecule has 0 saturated carbocycles. The largest absolute Gasteiger partial charge is 0.348 e. The molecule has 24 heavy (non-hydrogen) atoms. The van der Waals surface area contributed by atoms with Crippen LogP contribution in [0.15, 0.2) is 59.3 Å². The fourth-order valence-electron chi connectivity index (χ4n) is 2.44. The first-order chi connectivity index (χ1) is 11.6. The van der Waals surface area contributed by atoms with E-state index in [1.54, 1.807) is 17.5 Å². The SMILES string of the molecule is Cc1ccccc1-n1ccnc1SCC(=O)NC(C)c1cccs1. The topological polar surface area (TPSA) is 46.9 Å². The monoisotopic (exact) mass is 357 g/mol. The van der Waals surface area contributed by atoms with Gasteiger partial charge in [0.15, 0.2) is 5.16 Å². The van der Waals surface area contributed by atoms with Gasteiger partial charge in [-0.2, -0.15) is 0 Å². The third kappa shape index (κ3) is 3.88. The number of para-hydroxylation sites is 1. The Morgan fingerprint density at radius 2 is 2.17 bits per heavy atom. The van der Waals surface area contributed by atoms with Gasteiger partial charge >= 0.3 is 0 Å².